The lowest BCUT2D eigenvalue weighted by Gasteiger charge is -2.43. The Morgan fingerprint density at radius 2 is 1.55 bits per heavy atom. The number of hydrogen-bond donors (Lipinski definition) is 2. The third-order valence-corrected chi connectivity index (χ3v) is 8.28. The Morgan fingerprint density at radius 3 is 2.16 bits per heavy atom. The summed E-state index contributed by atoms with van der Waals surface area (Å²) in [4.78, 5) is 36.0. The maximum atomic E-state index is 13.8. The highest BCUT2D eigenvalue weighted by Gasteiger charge is 2.44. The quantitative estimate of drug-likeness (QED) is 0.514. The minimum Gasteiger partial charge on any atom is -0.397 e. The Bertz CT molecular complexity index is 1220. The third-order valence-electron chi connectivity index (χ3n) is 8.28. The number of amides is 2. The molecule has 0 radical (unpaired) electrons. The van der Waals surface area contributed by atoms with Crippen molar-refractivity contribution in [3.05, 3.63) is 90.1 Å². The van der Waals surface area contributed by atoms with Crippen LogP contribution in [0.25, 0.3) is 0 Å². The molecule has 1 aromatic heterocycles. The summed E-state index contributed by atoms with van der Waals surface area (Å²) in [6.45, 7) is 4.79. The molecule has 3 heterocycles. The van der Waals surface area contributed by atoms with Gasteiger partial charge in [-0.1, -0.05) is 60.7 Å². The van der Waals surface area contributed by atoms with Crippen LogP contribution in [0.5, 0.6) is 0 Å². The number of piperidine rings is 2. The van der Waals surface area contributed by atoms with Crippen molar-refractivity contribution in [3.8, 4) is 0 Å². The SMILES string of the molecule is C[C@H](NC(=O)C1(c2ccccc2)CCN(C(=O)C2CCN(c3ccc(N)cn3)CC2)CC1)c1ccccc1. The predicted octanol–water partition coefficient (Wildman–Crippen LogP) is 4.32. The fraction of sp³-hybridized carbons (Fsp3) is 0.387. The van der Waals surface area contributed by atoms with Gasteiger partial charge >= 0.3 is 0 Å². The van der Waals surface area contributed by atoms with E-state index in [1.165, 1.54) is 0 Å². The first-order chi connectivity index (χ1) is 18.5. The molecule has 0 saturated carbocycles. The third kappa shape index (κ3) is 5.37. The summed E-state index contributed by atoms with van der Waals surface area (Å²) in [5, 5.41) is 3.27. The first-order valence-corrected chi connectivity index (χ1v) is 13.6. The molecule has 0 aliphatic carbocycles. The maximum absolute atomic E-state index is 13.8. The summed E-state index contributed by atoms with van der Waals surface area (Å²) >= 11 is 0. The van der Waals surface area contributed by atoms with Crippen molar-refractivity contribution in [1.82, 2.24) is 15.2 Å². The number of pyridine rings is 1. The van der Waals surface area contributed by atoms with E-state index in [1.54, 1.807) is 6.20 Å². The normalized spacial score (nSPS) is 18.6. The number of nitrogen functional groups attached to an aromatic ring is 1. The van der Waals surface area contributed by atoms with E-state index in [0.717, 1.165) is 42.9 Å². The van der Waals surface area contributed by atoms with Crippen molar-refractivity contribution in [2.24, 2.45) is 5.92 Å². The van der Waals surface area contributed by atoms with Crippen molar-refractivity contribution in [1.29, 1.82) is 0 Å². The van der Waals surface area contributed by atoms with E-state index in [9.17, 15) is 9.59 Å². The Balaban J connectivity index is 1.23. The van der Waals surface area contributed by atoms with Gasteiger partial charge < -0.3 is 20.9 Å². The van der Waals surface area contributed by atoms with Crippen LogP contribution in [-0.2, 0) is 15.0 Å². The molecule has 7 nitrogen and oxygen atoms in total. The van der Waals surface area contributed by atoms with E-state index in [0.29, 0.717) is 31.6 Å². The molecule has 2 aromatic carbocycles. The molecule has 2 aliphatic rings. The Morgan fingerprint density at radius 1 is 0.921 bits per heavy atom. The monoisotopic (exact) mass is 511 g/mol. The molecule has 2 aliphatic heterocycles. The number of anilines is 2. The summed E-state index contributed by atoms with van der Waals surface area (Å²) in [5.41, 5.74) is 7.88. The van der Waals surface area contributed by atoms with Gasteiger partial charge in [-0.25, -0.2) is 4.98 Å². The number of carbonyl (C=O) groups is 2. The van der Waals surface area contributed by atoms with Crippen molar-refractivity contribution in [2.75, 3.05) is 36.8 Å². The van der Waals surface area contributed by atoms with E-state index in [2.05, 4.69) is 15.2 Å². The molecule has 1 atom stereocenters. The highest BCUT2D eigenvalue weighted by atomic mass is 16.2. The molecular formula is C31H37N5O2. The number of aromatic nitrogens is 1. The molecule has 7 heteroatoms. The number of nitrogens with two attached hydrogens (primary N) is 1. The molecule has 2 amide bonds. The second kappa shape index (κ2) is 11.3. The van der Waals surface area contributed by atoms with Crippen LogP contribution in [0.3, 0.4) is 0 Å². The van der Waals surface area contributed by atoms with Gasteiger partial charge in [-0.2, -0.15) is 0 Å². The molecule has 198 valence electrons. The zero-order valence-corrected chi connectivity index (χ0v) is 22.1. The van der Waals surface area contributed by atoms with Gasteiger partial charge in [0.25, 0.3) is 0 Å². The van der Waals surface area contributed by atoms with E-state index in [4.69, 9.17) is 5.73 Å². The van der Waals surface area contributed by atoms with Gasteiger partial charge in [-0.15, -0.1) is 0 Å². The summed E-state index contributed by atoms with van der Waals surface area (Å²) < 4.78 is 0. The first-order valence-electron chi connectivity index (χ1n) is 13.6. The lowest BCUT2D eigenvalue weighted by molar-refractivity contribution is -0.140. The summed E-state index contributed by atoms with van der Waals surface area (Å²) in [6.07, 6.45) is 4.52. The van der Waals surface area contributed by atoms with Crippen LogP contribution in [0, 0.1) is 5.92 Å². The van der Waals surface area contributed by atoms with Crippen LogP contribution >= 0.6 is 0 Å². The zero-order valence-electron chi connectivity index (χ0n) is 22.1. The van der Waals surface area contributed by atoms with Crippen LogP contribution in [0.15, 0.2) is 79.0 Å². The van der Waals surface area contributed by atoms with Gasteiger partial charge in [0.1, 0.15) is 5.82 Å². The molecule has 0 bridgehead atoms. The van der Waals surface area contributed by atoms with Crippen LogP contribution in [0.1, 0.15) is 49.8 Å². The van der Waals surface area contributed by atoms with E-state index < -0.39 is 5.41 Å². The second-order valence-corrected chi connectivity index (χ2v) is 10.6. The first kappa shape index (κ1) is 25.8. The van der Waals surface area contributed by atoms with E-state index in [1.807, 2.05) is 84.6 Å². The standard InChI is InChI=1S/C31H37N5O2/c1-23(24-8-4-2-5-9-24)34-30(38)31(26-10-6-3-7-11-26)16-20-36(21-17-31)29(37)25-14-18-35(19-15-25)28-13-12-27(32)22-33-28/h2-13,22-23,25H,14-21,32H2,1H3,(H,34,38)/t23-/m0/s1. The minimum atomic E-state index is -0.648. The molecule has 3 aromatic rings. The van der Waals surface area contributed by atoms with Crippen molar-refractivity contribution >= 4 is 23.3 Å². The molecule has 2 fully saturated rings. The van der Waals surface area contributed by atoms with Gasteiger partial charge in [-0.05, 0) is 55.9 Å². The molecule has 2 saturated heterocycles. The Hall–Kier alpha value is -3.87. The number of benzene rings is 2. The second-order valence-electron chi connectivity index (χ2n) is 10.6. The van der Waals surface area contributed by atoms with Crippen LogP contribution in [0.2, 0.25) is 0 Å². The van der Waals surface area contributed by atoms with Gasteiger partial charge in [0, 0.05) is 32.1 Å². The number of carbonyl (C=O) groups excluding carboxylic acids is 2. The lowest BCUT2D eigenvalue weighted by atomic mass is 9.71. The number of likely N-dealkylation sites (tertiary alicyclic amines) is 1. The van der Waals surface area contributed by atoms with Crippen LogP contribution in [0.4, 0.5) is 11.5 Å². The molecular weight excluding hydrogens is 474 g/mol. The molecule has 0 spiro atoms. The van der Waals surface area contributed by atoms with Crippen LogP contribution in [-0.4, -0.2) is 47.9 Å². The minimum absolute atomic E-state index is 0.0104. The fourth-order valence-corrected chi connectivity index (χ4v) is 5.87. The molecule has 0 unspecified atom stereocenters. The predicted molar refractivity (Wildman–Crippen MR) is 151 cm³/mol. The number of nitrogens with one attached hydrogen (secondary N) is 1. The summed E-state index contributed by atoms with van der Waals surface area (Å²) in [6, 6.07) is 23.8. The topological polar surface area (TPSA) is 91.6 Å². The Labute approximate surface area is 225 Å². The number of rotatable bonds is 6. The van der Waals surface area contributed by atoms with Gasteiger partial charge in [0.15, 0.2) is 0 Å². The largest absolute Gasteiger partial charge is 0.397 e. The van der Waals surface area contributed by atoms with E-state index in [-0.39, 0.29) is 23.8 Å². The highest BCUT2D eigenvalue weighted by Crippen LogP contribution is 2.37. The molecule has 3 N–H and O–H groups in total. The zero-order chi connectivity index (χ0) is 26.5. The van der Waals surface area contributed by atoms with Gasteiger partial charge in [-0.3, -0.25) is 9.59 Å². The fourth-order valence-electron chi connectivity index (χ4n) is 5.87. The van der Waals surface area contributed by atoms with Crippen molar-refractivity contribution < 1.29 is 9.59 Å². The van der Waals surface area contributed by atoms with Crippen LogP contribution < -0.4 is 16.0 Å². The molecule has 38 heavy (non-hydrogen) atoms. The highest BCUT2D eigenvalue weighted by molar-refractivity contribution is 5.89. The number of nitrogens with zero attached hydrogens (tertiary/aromatic N) is 3. The Kier molecular flexibility index (Phi) is 7.63. The van der Waals surface area contributed by atoms with E-state index >= 15 is 0 Å². The van der Waals surface area contributed by atoms with Crippen molar-refractivity contribution in [3.63, 3.8) is 0 Å². The average molecular weight is 512 g/mol. The summed E-state index contributed by atoms with van der Waals surface area (Å²) in [7, 11) is 0. The number of hydrogen-bond acceptors (Lipinski definition) is 5. The average Bonchev–Trinajstić information content (AvgIpc) is 2.98. The maximum Gasteiger partial charge on any atom is 0.231 e. The van der Waals surface area contributed by atoms with Gasteiger partial charge in [0.2, 0.25) is 11.8 Å². The summed E-state index contributed by atoms with van der Waals surface area (Å²) in [5.74, 6) is 1.17. The molecule has 5 rings (SSSR count). The lowest BCUT2D eigenvalue weighted by Crippen LogP contribution is -2.54. The smallest absolute Gasteiger partial charge is 0.231 e. The van der Waals surface area contributed by atoms with Crippen molar-refractivity contribution in [2.45, 2.75) is 44.1 Å². The van der Waals surface area contributed by atoms with Gasteiger partial charge in [0.05, 0.1) is 23.3 Å².